The Morgan fingerprint density at radius 3 is 2.51 bits per heavy atom. The lowest BCUT2D eigenvalue weighted by Gasteiger charge is -2.49. The molecule has 12 unspecified atom stereocenters. The average molecular weight is 655 g/mol. The number of hydrazine groups is 1. The van der Waals surface area contributed by atoms with Crippen molar-refractivity contribution >= 4 is 21.6 Å². The van der Waals surface area contributed by atoms with Crippen LogP contribution in [0.4, 0.5) is 8.78 Å². The van der Waals surface area contributed by atoms with E-state index in [0.717, 1.165) is 32.6 Å². The van der Waals surface area contributed by atoms with Gasteiger partial charge in [0, 0.05) is 61.8 Å². The van der Waals surface area contributed by atoms with Crippen LogP contribution in [0.1, 0.15) is 51.9 Å². The van der Waals surface area contributed by atoms with E-state index in [2.05, 4.69) is 43.9 Å². The predicted octanol–water partition coefficient (Wildman–Crippen LogP) is 0.0280. The van der Waals surface area contributed by atoms with Crippen LogP contribution >= 0.6 is 11.8 Å². The summed E-state index contributed by atoms with van der Waals surface area (Å²) < 4.78 is 63.0. The van der Waals surface area contributed by atoms with Gasteiger partial charge in [0.1, 0.15) is 17.8 Å². The molecular weight excluding hydrogens is 606 g/mol. The number of ether oxygens (including phenoxy) is 1. The van der Waals surface area contributed by atoms with Gasteiger partial charge in [-0.3, -0.25) is 36.4 Å². The molecule has 0 bridgehead atoms. The maximum absolute atomic E-state index is 15.7. The molecular formula is C26H48F2N8O5S2. The number of hydrogen-bond donors (Lipinski definition) is 6. The Labute approximate surface area is 257 Å². The molecule has 12 atom stereocenters. The molecule has 248 valence electrons. The number of nitro groups is 1. The summed E-state index contributed by atoms with van der Waals surface area (Å²) in [5.74, 6) is -1.37. The number of hydrogen-bond acceptors (Lipinski definition) is 13. The Morgan fingerprint density at radius 1 is 1.09 bits per heavy atom. The van der Waals surface area contributed by atoms with E-state index in [9.17, 15) is 22.9 Å². The summed E-state index contributed by atoms with van der Waals surface area (Å²) in [6.07, 6.45) is -1.45. The zero-order chi connectivity index (χ0) is 30.7. The van der Waals surface area contributed by atoms with Crippen LogP contribution < -0.4 is 32.1 Å². The topological polar surface area (TPSA) is 162 Å². The number of nitrogens with one attached hydrogen (secondary N) is 6. The SMILES string of the molecule is COC1C(NC2CC(C)NN2)NC(SC2CCC(S(=O)(=O)CC3CCCC([N+](=O)[O-])C3F)CC2F)NC1N1CCNCC1. The number of halogens is 2. The van der Waals surface area contributed by atoms with Crippen LogP contribution in [0.15, 0.2) is 0 Å². The fourth-order valence-electron chi connectivity index (χ4n) is 7.30. The van der Waals surface area contributed by atoms with Crippen molar-refractivity contribution in [1.29, 1.82) is 0 Å². The van der Waals surface area contributed by atoms with E-state index in [4.69, 9.17) is 4.74 Å². The summed E-state index contributed by atoms with van der Waals surface area (Å²) in [4.78, 5) is 12.9. The van der Waals surface area contributed by atoms with Gasteiger partial charge in [0.2, 0.25) is 6.04 Å². The number of thioether (sulfide) groups is 1. The van der Waals surface area contributed by atoms with Crippen molar-refractivity contribution in [3.05, 3.63) is 10.1 Å². The second kappa shape index (κ2) is 14.8. The molecule has 0 aromatic rings. The van der Waals surface area contributed by atoms with E-state index in [0.29, 0.717) is 25.3 Å². The lowest BCUT2D eigenvalue weighted by atomic mass is 9.85. The minimum atomic E-state index is -3.81. The third-order valence-corrected chi connectivity index (χ3v) is 13.4. The zero-order valence-corrected chi connectivity index (χ0v) is 26.6. The van der Waals surface area contributed by atoms with E-state index in [1.165, 1.54) is 11.8 Å². The Morgan fingerprint density at radius 2 is 1.86 bits per heavy atom. The largest absolute Gasteiger partial charge is 0.375 e. The molecule has 3 saturated heterocycles. The van der Waals surface area contributed by atoms with Gasteiger partial charge in [-0.1, -0.05) is 0 Å². The van der Waals surface area contributed by atoms with Gasteiger partial charge in [-0.2, -0.15) is 0 Å². The lowest BCUT2D eigenvalue weighted by molar-refractivity contribution is -0.536. The van der Waals surface area contributed by atoms with Crippen LogP contribution in [0.3, 0.4) is 0 Å². The Balaban J connectivity index is 1.21. The Hall–Kier alpha value is -0.760. The number of sulfone groups is 1. The first kappa shape index (κ1) is 33.6. The van der Waals surface area contributed by atoms with Gasteiger partial charge in [-0.15, -0.1) is 11.8 Å². The first-order valence-electron chi connectivity index (χ1n) is 15.6. The monoisotopic (exact) mass is 654 g/mol. The zero-order valence-electron chi connectivity index (χ0n) is 24.9. The third-order valence-electron chi connectivity index (χ3n) is 9.68. The molecule has 5 rings (SSSR count). The number of methoxy groups -OCH3 is 1. The second-order valence-corrected chi connectivity index (χ2v) is 16.4. The number of nitrogens with zero attached hydrogens (tertiary/aromatic N) is 2. The minimum absolute atomic E-state index is 0.0286. The molecule has 0 aromatic carbocycles. The van der Waals surface area contributed by atoms with Crippen molar-refractivity contribution in [3.8, 4) is 0 Å². The summed E-state index contributed by atoms with van der Waals surface area (Å²) in [5.41, 5.74) is 6.20. The van der Waals surface area contributed by atoms with Crippen molar-refractivity contribution in [3.63, 3.8) is 0 Å². The maximum atomic E-state index is 15.7. The number of rotatable bonds is 10. The number of alkyl halides is 2. The van der Waals surface area contributed by atoms with Crippen molar-refractivity contribution in [1.82, 2.24) is 37.0 Å². The molecule has 6 N–H and O–H groups in total. The standard InChI is InChI=1S/C26H48F2N8O5S2/c1-15-12-21(34-33-15)30-24-23(41-2)25(35-10-8-29-9-11-35)32-26(31-24)42-20-7-6-17(13-18(20)27)43(39,40)14-16-4-3-5-19(22(16)28)36(37)38/h15-26,29-34H,3-14H2,1-2H3. The lowest BCUT2D eigenvalue weighted by Crippen LogP contribution is -2.75. The first-order chi connectivity index (χ1) is 20.6. The van der Waals surface area contributed by atoms with Crippen LogP contribution in [0.25, 0.3) is 0 Å². The first-order valence-corrected chi connectivity index (χ1v) is 18.3. The van der Waals surface area contributed by atoms with Crippen molar-refractivity contribution in [2.24, 2.45) is 5.92 Å². The van der Waals surface area contributed by atoms with Gasteiger partial charge in [0.05, 0.1) is 29.5 Å². The van der Waals surface area contributed by atoms with Gasteiger partial charge in [-0.05, 0) is 45.4 Å². The average Bonchev–Trinajstić information content (AvgIpc) is 3.39. The molecule has 0 aromatic heterocycles. The van der Waals surface area contributed by atoms with Crippen LogP contribution in [0.5, 0.6) is 0 Å². The van der Waals surface area contributed by atoms with Gasteiger partial charge < -0.3 is 10.1 Å². The highest BCUT2D eigenvalue weighted by Crippen LogP contribution is 2.38. The fraction of sp³-hybridized carbons (Fsp3) is 1.00. The van der Waals surface area contributed by atoms with E-state index >= 15 is 4.39 Å². The summed E-state index contributed by atoms with van der Waals surface area (Å²) in [6, 6.07) is -1.05. The van der Waals surface area contributed by atoms with Crippen molar-refractivity contribution in [2.45, 2.75) is 117 Å². The van der Waals surface area contributed by atoms with Gasteiger partial charge in [0.25, 0.3) is 0 Å². The minimum Gasteiger partial charge on any atom is -0.375 e. The normalized spacial score (nSPS) is 43.4. The fourth-order valence-corrected chi connectivity index (χ4v) is 10.8. The van der Waals surface area contributed by atoms with Crippen LogP contribution in [-0.4, -0.2) is 122 Å². The molecule has 2 saturated carbocycles. The Kier molecular flexibility index (Phi) is 11.5. The molecule has 0 amide bonds. The summed E-state index contributed by atoms with van der Waals surface area (Å²) in [7, 11) is -2.11. The van der Waals surface area contributed by atoms with Gasteiger partial charge in [-0.25, -0.2) is 22.6 Å². The molecule has 5 fully saturated rings. The molecule has 3 heterocycles. The highest BCUT2D eigenvalue weighted by Gasteiger charge is 2.47. The quantitative estimate of drug-likeness (QED) is 0.138. The highest BCUT2D eigenvalue weighted by atomic mass is 32.2. The van der Waals surface area contributed by atoms with Crippen LogP contribution in [0, 0.1) is 16.0 Å². The van der Waals surface area contributed by atoms with Gasteiger partial charge >= 0.3 is 0 Å². The predicted molar refractivity (Wildman–Crippen MR) is 161 cm³/mol. The van der Waals surface area contributed by atoms with E-state index < -0.39 is 55.3 Å². The molecule has 0 spiro atoms. The molecule has 5 aliphatic rings. The van der Waals surface area contributed by atoms with E-state index in [1.807, 2.05) is 0 Å². The third kappa shape index (κ3) is 8.16. The van der Waals surface area contributed by atoms with Crippen LogP contribution in [-0.2, 0) is 14.6 Å². The smallest absolute Gasteiger partial charge is 0.244 e. The summed E-state index contributed by atoms with van der Waals surface area (Å²) in [6.45, 7) is 5.53. The molecule has 13 nitrogen and oxygen atoms in total. The molecule has 2 aliphatic carbocycles. The number of piperazine rings is 1. The second-order valence-electron chi connectivity index (χ2n) is 12.7. The summed E-state index contributed by atoms with van der Waals surface area (Å²) >= 11 is 1.44. The van der Waals surface area contributed by atoms with E-state index in [-0.39, 0.29) is 49.4 Å². The molecule has 0 radical (unpaired) electrons. The molecule has 3 aliphatic heterocycles. The van der Waals surface area contributed by atoms with Crippen molar-refractivity contribution in [2.75, 3.05) is 39.0 Å². The molecule has 17 heteroatoms. The van der Waals surface area contributed by atoms with E-state index in [1.54, 1.807) is 7.11 Å². The highest BCUT2D eigenvalue weighted by molar-refractivity contribution is 8.00. The summed E-state index contributed by atoms with van der Waals surface area (Å²) in [5, 5.41) is 24.1. The molecule has 43 heavy (non-hydrogen) atoms. The van der Waals surface area contributed by atoms with Crippen molar-refractivity contribution < 1.29 is 26.9 Å². The van der Waals surface area contributed by atoms with Crippen LogP contribution in [0.2, 0.25) is 0 Å². The Bertz CT molecular complexity index is 1050. The van der Waals surface area contributed by atoms with Gasteiger partial charge in [0.15, 0.2) is 16.0 Å². The maximum Gasteiger partial charge on any atom is 0.244 e.